The summed E-state index contributed by atoms with van der Waals surface area (Å²) in [7, 11) is 0. The van der Waals surface area contributed by atoms with Crippen molar-refractivity contribution in [2.24, 2.45) is 0 Å². The summed E-state index contributed by atoms with van der Waals surface area (Å²) < 4.78 is 39.6. The second-order valence-corrected chi connectivity index (χ2v) is 7.13. The Kier molecular flexibility index (Phi) is 6.78. The van der Waals surface area contributed by atoms with Crippen LogP contribution >= 0.6 is 11.3 Å². The van der Waals surface area contributed by atoms with Gasteiger partial charge < -0.3 is 0 Å². The first-order valence-electron chi connectivity index (χ1n) is 8.33. The van der Waals surface area contributed by atoms with Gasteiger partial charge in [-0.05, 0) is 25.0 Å². The molecule has 1 unspecified atom stereocenters. The number of Topliss-reactive ketones (excluding diaryl/α,β-unsaturated/α-hetero) is 1. The van der Waals surface area contributed by atoms with Crippen LogP contribution in [0.15, 0.2) is 24.3 Å². The van der Waals surface area contributed by atoms with Crippen LogP contribution in [-0.4, -0.2) is 16.9 Å². The Morgan fingerprint density at radius 3 is 2.62 bits per heavy atom. The monoisotopic (exact) mass is 357 g/mol. The minimum absolute atomic E-state index is 0.0525. The fourth-order valence-electron chi connectivity index (χ4n) is 2.69. The fraction of sp³-hybridized carbons (Fsp3) is 0.556. The lowest BCUT2D eigenvalue weighted by Gasteiger charge is -2.16. The SMILES string of the molecule is CCCCCC(=O)CCC(CC(F)(F)F)c1nc2ccccc2s1. The number of nitrogens with zero attached hydrogens (tertiary/aromatic N) is 1. The van der Waals surface area contributed by atoms with Crippen LogP contribution in [0.4, 0.5) is 13.2 Å². The van der Waals surface area contributed by atoms with E-state index in [1.165, 1.54) is 11.3 Å². The summed E-state index contributed by atoms with van der Waals surface area (Å²) in [6.07, 6.45) is -1.48. The van der Waals surface area contributed by atoms with Gasteiger partial charge in [-0.2, -0.15) is 13.2 Å². The normalized spacial score (nSPS) is 13.3. The van der Waals surface area contributed by atoms with Crippen LogP contribution < -0.4 is 0 Å². The standard InChI is InChI=1S/C18H22F3NOS/c1-2-3-4-7-14(23)11-10-13(12-18(19,20)21)17-22-15-8-5-6-9-16(15)24-17/h5-6,8-9,13H,2-4,7,10-12H2,1H3. The molecule has 1 aromatic heterocycles. The molecule has 0 radical (unpaired) electrons. The highest BCUT2D eigenvalue weighted by Crippen LogP contribution is 2.37. The van der Waals surface area contributed by atoms with Crippen LogP contribution in [0, 0.1) is 0 Å². The molecule has 2 nitrogen and oxygen atoms in total. The lowest BCUT2D eigenvalue weighted by molar-refractivity contribution is -0.140. The number of benzene rings is 1. The second-order valence-electron chi connectivity index (χ2n) is 6.07. The van der Waals surface area contributed by atoms with Crippen molar-refractivity contribution in [1.29, 1.82) is 0 Å². The van der Waals surface area contributed by atoms with Crippen LogP contribution in [0.2, 0.25) is 0 Å². The summed E-state index contributed by atoms with van der Waals surface area (Å²) in [5.74, 6) is -0.686. The first-order valence-corrected chi connectivity index (χ1v) is 9.14. The molecule has 0 amide bonds. The van der Waals surface area contributed by atoms with Gasteiger partial charge in [0.05, 0.1) is 21.6 Å². The van der Waals surface area contributed by atoms with Gasteiger partial charge in [0.2, 0.25) is 0 Å². The first-order chi connectivity index (χ1) is 11.4. The number of para-hydroxylation sites is 1. The van der Waals surface area contributed by atoms with E-state index in [1.54, 1.807) is 6.07 Å². The van der Waals surface area contributed by atoms with E-state index in [4.69, 9.17) is 0 Å². The van der Waals surface area contributed by atoms with E-state index in [1.807, 2.05) is 18.2 Å². The van der Waals surface area contributed by atoms with Crippen molar-refractivity contribution < 1.29 is 18.0 Å². The maximum Gasteiger partial charge on any atom is 0.389 e. The Labute approximate surface area is 144 Å². The molecule has 0 N–H and O–H groups in total. The average molecular weight is 357 g/mol. The van der Waals surface area contributed by atoms with E-state index in [0.29, 0.717) is 11.4 Å². The van der Waals surface area contributed by atoms with Gasteiger partial charge in [0.1, 0.15) is 5.78 Å². The zero-order chi connectivity index (χ0) is 17.6. The predicted molar refractivity (Wildman–Crippen MR) is 91.4 cm³/mol. The van der Waals surface area contributed by atoms with Crippen molar-refractivity contribution >= 4 is 27.3 Å². The lowest BCUT2D eigenvalue weighted by Crippen LogP contribution is -2.15. The summed E-state index contributed by atoms with van der Waals surface area (Å²) in [5.41, 5.74) is 0.721. The molecule has 24 heavy (non-hydrogen) atoms. The molecule has 6 heteroatoms. The largest absolute Gasteiger partial charge is 0.389 e. The molecular formula is C18H22F3NOS. The quantitative estimate of drug-likeness (QED) is 0.496. The van der Waals surface area contributed by atoms with E-state index in [0.717, 1.165) is 29.5 Å². The summed E-state index contributed by atoms with van der Waals surface area (Å²) in [4.78, 5) is 16.3. The molecule has 0 fully saturated rings. The number of carbonyl (C=O) groups excluding carboxylic acids is 1. The summed E-state index contributed by atoms with van der Waals surface area (Å²) in [6, 6.07) is 7.33. The van der Waals surface area contributed by atoms with E-state index in [2.05, 4.69) is 11.9 Å². The molecule has 2 rings (SSSR count). The minimum atomic E-state index is -4.26. The van der Waals surface area contributed by atoms with Gasteiger partial charge in [0, 0.05) is 18.8 Å². The van der Waals surface area contributed by atoms with E-state index < -0.39 is 18.5 Å². The third kappa shape index (κ3) is 5.89. The molecule has 0 saturated heterocycles. The maximum absolute atomic E-state index is 12.9. The molecular weight excluding hydrogens is 335 g/mol. The summed E-state index contributed by atoms with van der Waals surface area (Å²) >= 11 is 1.30. The lowest BCUT2D eigenvalue weighted by atomic mass is 9.96. The van der Waals surface area contributed by atoms with E-state index >= 15 is 0 Å². The summed E-state index contributed by atoms with van der Waals surface area (Å²) in [6.45, 7) is 2.05. The van der Waals surface area contributed by atoms with Gasteiger partial charge in [-0.25, -0.2) is 4.98 Å². The number of ketones is 1. The number of unbranched alkanes of at least 4 members (excludes halogenated alkanes) is 2. The molecule has 0 aliphatic heterocycles. The highest BCUT2D eigenvalue weighted by atomic mass is 32.1. The van der Waals surface area contributed by atoms with Gasteiger partial charge in [-0.15, -0.1) is 11.3 Å². The van der Waals surface area contributed by atoms with Crippen LogP contribution in [0.3, 0.4) is 0 Å². The van der Waals surface area contributed by atoms with E-state index in [-0.39, 0.29) is 18.6 Å². The number of carbonyl (C=O) groups is 1. The maximum atomic E-state index is 12.9. The number of rotatable bonds is 9. The molecule has 0 bridgehead atoms. The molecule has 2 aromatic rings. The van der Waals surface area contributed by atoms with Crippen molar-refractivity contribution in [3.8, 4) is 0 Å². The predicted octanol–water partition coefficient (Wildman–Crippen LogP) is 6.26. The summed E-state index contributed by atoms with van der Waals surface area (Å²) in [5, 5.41) is 0.481. The van der Waals surface area contributed by atoms with Crippen LogP contribution in [-0.2, 0) is 4.79 Å². The molecule has 0 aliphatic carbocycles. The molecule has 132 valence electrons. The van der Waals surface area contributed by atoms with Crippen LogP contribution in [0.25, 0.3) is 10.2 Å². The van der Waals surface area contributed by atoms with Crippen LogP contribution in [0.5, 0.6) is 0 Å². The Balaban J connectivity index is 2.05. The second kappa shape index (κ2) is 8.60. The van der Waals surface area contributed by atoms with Crippen LogP contribution in [0.1, 0.15) is 62.8 Å². The van der Waals surface area contributed by atoms with Gasteiger partial charge in [-0.3, -0.25) is 4.79 Å². The first kappa shape index (κ1) is 18.9. The third-order valence-electron chi connectivity index (χ3n) is 3.97. The highest BCUT2D eigenvalue weighted by molar-refractivity contribution is 7.18. The van der Waals surface area contributed by atoms with Gasteiger partial charge in [-0.1, -0.05) is 31.9 Å². The topological polar surface area (TPSA) is 30.0 Å². The molecule has 1 atom stereocenters. The van der Waals surface area contributed by atoms with Crippen molar-refractivity contribution in [3.63, 3.8) is 0 Å². The van der Waals surface area contributed by atoms with Crippen molar-refractivity contribution in [2.75, 3.05) is 0 Å². The molecule has 0 aliphatic rings. The van der Waals surface area contributed by atoms with Gasteiger partial charge >= 0.3 is 6.18 Å². The number of aromatic nitrogens is 1. The van der Waals surface area contributed by atoms with Crippen molar-refractivity contribution in [1.82, 2.24) is 4.98 Å². The number of halogens is 3. The zero-order valence-electron chi connectivity index (χ0n) is 13.7. The third-order valence-corrected chi connectivity index (χ3v) is 5.17. The van der Waals surface area contributed by atoms with Crippen molar-refractivity contribution in [3.05, 3.63) is 29.3 Å². The Morgan fingerprint density at radius 1 is 1.21 bits per heavy atom. The molecule has 0 saturated carbocycles. The van der Waals surface area contributed by atoms with Crippen molar-refractivity contribution in [2.45, 2.75) is 64.0 Å². The minimum Gasteiger partial charge on any atom is -0.300 e. The average Bonchev–Trinajstić information content (AvgIpc) is 2.94. The molecule has 0 spiro atoms. The number of thiazole rings is 1. The van der Waals surface area contributed by atoms with E-state index in [9.17, 15) is 18.0 Å². The smallest absolute Gasteiger partial charge is 0.300 e. The number of fused-ring (bicyclic) bond motifs is 1. The molecule has 1 aromatic carbocycles. The number of alkyl halides is 3. The fourth-order valence-corrected chi connectivity index (χ4v) is 3.79. The Hall–Kier alpha value is -1.43. The zero-order valence-corrected chi connectivity index (χ0v) is 14.6. The molecule has 1 heterocycles. The van der Waals surface area contributed by atoms with Gasteiger partial charge in [0.25, 0.3) is 0 Å². The van der Waals surface area contributed by atoms with Gasteiger partial charge in [0.15, 0.2) is 0 Å². The Morgan fingerprint density at radius 2 is 1.96 bits per heavy atom. The Bertz CT molecular complexity index is 633. The highest BCUT2D eigenvalue weighted by Gasteiger charge is 2.34. The number of hydrogen-bond acceptors (Lipinski definition) is 3. The number of hydrogen-bond donors (Lipinski definition) is 0.